The van der Waals surface area contributed by atoms with Crippen molar-refractivity contribution in [2.24, 2.45) is 11.7 Å². The molecule has 86 valence electrons. The summed E-state index contributed by atoms with van der Waals surface area (Å²) in [6.07, 6.45) is 0.538. The number of rotatable bonds is 7. The van der Waals surface area contributed by atoms with Crippen molar-refractivity contribution in [1.29, 1.82) is 0 Å². The maximum absolute atomic E-state index is 11.1. The average Bonchev–Trinajstić information content (AvgIpc) is 2.11. The third-order valence-corrected chi connectivity index (χ3v) is 2.22. The summed E-state index contributed by atoms with van der Waals surface area (Å²) in [7, 11) is 0. The standard InChI is InChI=1S/C10H17NO4/c1-6(9(11)10(14)15)3-4-8(13)5-7(2)12/h6,9H,3-5,11H2,1-2H3,(H,14,15)/t6-,9-/m0/s1. The Morgan fingerprint density at radius 1 is 1.33 bits per heavy atom. The Morgan fingerprint density at radius 2 is 1.87 bits per heavy atom. The number of nitrogens with two attached hydrogens (primary N) is 1. The number of Topliss-reactive ketones (excluding diaryl/α,β-unsaturated/α-hetero) is 2. The number of carbonyl (C=O) groups excluding carboxylic acids is 2. The molecule has 0 saturated heterocycles. The van der Waals surface area contributed by atoms with Crippen LogP contribution in [0.4, 0.5) is 0 Å². The van der Waals surface area contributed by atoms with E-state index in [1.807, 2.05) is 0 Å². The van der Waals surface area contributed by atoms with E-state index in [4.69, 9.17) is 10.8 Å². The molecule has 0 spiro atoms. The summed E-state index contributed by atoms with van der Waals surface area (Å²) in [5.41, 5.74) is 5.37. The molecule has 3 N–H and O–H groups in total. The minimum atomic E-state index is -1.07. The van der Waals surface area contributed by atoms with Crippen molar-refractivity contribution < 1.29 is 19.5 Å². The van der Waals surface area contributed by atoms with Gasteiger partial charge in [-0.15, -0.1) is 0 Å². The zero-order valence-corrected chi connectivity index (χ0v) is 9.03. The molecule has 0 bridgehead atoms. The van der Waals surface area contributed by atoms with Gasteiger partial charge in [-0.05, 0) is 19.3 Å². The molecule has 0 aromatic carbocycles. The second-order valence-electron chi connectivity index (χ2n) is 3.80. The third kappa shape index (κ3) is 5.96. The van der Waals surface area contributed by atoms with Crippen molar-refractivity contribution in [3.63, 3.8) is 0 Å². The van der Waals surface area contributed by atoms with E-state index in [9.17, 15) is 14.4 Å². The zero-order valence-electron chi connectivity index (χ0n) is 9.03. The number of ketones is 2. The molecule has 2 atom stereocenters. The highest BCUT2D eigenvalue weighted by molar-refractivity contribution is 5.97. The number of aliphatic carboxylic acids is 1. The van der Waals surface area contributed by atoms with Gasteiger partial charge in [0.15, 0.2) is 0 Å². The van der Waals surface area contributed by atoms with Gasteiger partial charge < -0.3 is 10.8 Å². The largest absolute Gasteiger partial charge is 0.480 e. The lowest BCUT2D eigenvalue weighted by atomic mass is 9.95. The first kappa shape index (κ1) is 13.8. The normalized spacial score (nSPS) is 14.3. The summed E-state index contributed by atoms with van der Waals surface area (Å²) in [5, 5.41) is 8.60. The lowest BCUT2D eigenvalue weighted by molar-refractivity contribution is -0.140. The minimum Gasteiger partial charge on any atom is -0.480 e. The van der Waals surface area contributed by atoms with Gasteiger partial charge in [-0.25, -0.2) is 0 Å². The second-order valence-corrected chi connectivity index (χ2v) is 3.80. The predicted octanol–water partition coefficient (Wildman–Crippen LogP) is 0.363. The molecule has 0 fully saturated rings. The van der Waals surface area contributed by atoms with Gasteiger partial charge >= 0.3 is 5.97 Å². The van der Waals surface area contributed by atoms with E-state index in [1.54, 1.807) is 6.92 Å². The van der Waals surface area contributed by atoms with Gasteiger partial charge in [0.1, 0.15) is 17.6 Å². The van der Waals surface area contributed by atoms with Crippen LogP contribution in [-0.4, -0.2) is 28.7 Å². The highest BCUT2D eigenvalue weighted by Crippen LogP contribution is 2.10. The number of carboxylic acid groups (broad SMARTS) is 1. The van der Waals surface area contributed by atoms with Crippen LogP contribution in [0, 0.1) is 5.92 Å². The summed E-state index contributed by atoms with van der Waals surface area (Å²) in [5.74, 6) is -1.66. The Morgan fingerprint density at radius 3 is 2.27 bits per heavy atom. The van der Waals surface area contributed by atoms with Crippen LogP contribution < -0.4 is 5.73 Å². The topological polar surface area (TPSA) is 97.5 Å². The van der Waals surface area contributed by atoms with Gasteiger partial charge in [-0.1, -0.05) is 6.92 Å². The van der Waals surface area contributed by atoms with Crippen molar-refractivity contribution in [1.82, 2.24) is 0 Å². The van der Waals surface area contributed by atoms with Crippen LogP contribution in [-0.2, 0) is 14.4 Å². The molecule has 0 heterocycles. The molecule has 0 amide bonds. The van der Waals surface area contributed by atoms with Crippen LogP contribution in [0.5, 0.6) is 0 Å². The lowest BCUT2D eigenvalue weighted by Gasteiger charge is -2.14. The highest BCUT2D eigenvalue weighted by atomic mass is 16.4. The van der Waals surface area contributed by atoms with Gasteiger partial charge in [-0.3, -0.25) is 14.4 Å². The molecule has 0 aromatic rings. The Kier molecular flexibility index (Phi) is 5.77. The number of hydrogen-bond acceptors (Lipinski definition) is 4. The Balaban J connectivity index is 3.90. The lowest BCUT2D eigenvalue weighted by Crippen LogP contribution is -2.36. The number of hydrogen-bond donors (Lipinski definition) is 2. The molecule has 0 aromatic heterocycles. The molecular formula is C10H17NO4. The second kappa shape index (κ2) is 6.29. The monoisotopic (exact) mass is 215 g/mol. The number of carboxylic acids is 1. The fourth-order valence-corrected chi connectivity index (χ4v) is 1.18. The molecule has 5 heteroatoms. The van der Waals surface area contributed by atoms with Crippen molar-refractivity contribution in [2.75, 3.05) is 0 Å². The molecule has 0 unspecified atom stereocenters. The number of carbonyl (C=O) groups is 3. The Labute approximate surface area is 88.6 Å². The van der Waals surface area contributed by atoms with E-state index in [1.165, 1.54) is 6.92 Å². The molecule has 0 radical (unpaired) electrons. The fraction of sp³-hybridized carbons (Fsp3) is 0.700. The van der Waals surface area contributed by atoms with Crippen molar-refractivity contribution in [3.8, 4) is 0 Å². The molecule has 0 rings (SSSR count). The first-order chi connectivity index (χ1) is 6.84. The van der Waals surface area contributed by atoms with E-state index in [0.717, 1.165) is 0 Å². The summed E-state index contributed by atoms with van der Waals surface area (Å²) in [6, 6.07) is -0.949. The molecule has 0 aliphatic rings. The van der Waals surface area contributed by atoms with Gasteiger partial charge in [-0.2, -0.15) is 0 Å². The van der Waals surface area contributed by atoms with Crippen LogP contribution in [0.3, 0.4) is 0 Å². The first-order valence-electron chi connectivity index (χ1n) is 4.84. The van der Waals surface area contributed by atoms with E-state index in [-0.39, 0.29) is 30.3 Å². The smallest absolute Gasteiger partial charge is 0.320 e. The van der Waals surface area contributed by atoms with E-state index in [0.29, 0.717) is 6.42 Å². The quantitative estimate of drug-likeness (QED) is 0.598. The summed E-state index contributed by atoms with van der Waals surface area (Å²) in [6.45, 7) is 3.03. The molecular weight excluding hydrogens is 198 g/mol. The van der Waals surface area contributed by atoms with E-state index < -0.39 is 12.0 Å². The van der Waals surface area contributed by atoms with E-state index >= 15 is 0 Å². The van der Waals surface area contributed by atoms with Crippen LogP contribution >= 0.6 is 0 Å². The Bertz CT molecular complexity index is 262. The third-order valence-electron chi connectivity index (χ3n) is 2.22. The molecule has 5 nitrogen and oxygen atoms in total. The zero-order chi connectivity index (χ0) is 12.0. The predicted molar refractivity (Wildman–Crippen MR) is 54.3 cm³/mol. The minimum absolute atomic E-state index is 0.0744. The van der Waals surface area contributed by atoms with Crippen molar-refractivity contribution in [3.05, 3.63) is 0 Å². The van der Waals surface area contributed by atoms with Crippen LogP contribution in [0.2, 0.25) is 0 Å². The van der Waals surface area contributed by atoms with Gasteiger partial charge in [0.2, 0.25) is 0 Å². The first-order valence-corrected chi connectivity index (χ1v) is 4.84. The van der Waals surface area contributed by atoms with Crippen molar-refractivity contribution in [2.45, 2.75) is 39.2 Å². The van der Waals surface area contributed by atoms with Crippen LogP contribution in [0.25, 0.3) is 0 Å². The van der Waals surface area contributed by atoms with Gasteiger partial charge in [0.05, 0.1) is 6.42 Å². The average molecular weight is 215 g/mol. The SMILES string of the molecule is CC(=O)CC(=O)CC[C@H](C)[C@H](N)C(=O)O. The molecule has 0 saturated carbocycles. The van der Waals surface area contributed by atoms with Crippen molar-refractivity contribution >= 4 is 17.5 Å². The Hall–Kier alpha value is -1.23. The summed E-state index contributed by atoms with van der Waals surface area (Å²) >= 11 is 0. The van der Waals surface area contributed by atoms with Gasteiger partial charge in [0.25, 0.3) is 0 Å². The van der Waals surface area contributed by atoms with Crippen LogP contribution in [0.1, 0.15) is 33.1 Å². The highest BCUT2D eigenvalue weighted by Gasteiger charge is 2.20. The fourth-order valence-electron chi connectivity index (χ4n) is 1.18. The molecule has 0 aliphatic carbocycles. The van der Waals surface area contributed by atoms with Gasteiger partial charge in [0, 0.05) is 6.42 Å². The maximum Gasteiger partial charge on any atom is 0.320 e. The molecule has 0 aliphatic heterocycles. The van der Waals surface area contributed by atoms with Crippen LogP contribution in [0.15, 0.2) is 0 Å². The molecule has 15 heavy (non-hydrogen) atoms. The summed E-state index contributed by atoms with van der Waals surface area (Å²) < 4.78 is 0. The maximum atomic E-state index is 11.1. The van der Waals surface area contributed by atoms with E-state index in [2.05, 4.69) is 0 Å². The summed E-state index contributed by atoms with van der Waals surface area (Å²) in [4.78, 5) is 32.2.